The molecule has 120 valence electrons. The molecule has 1 aromatic carbocycles. The van der Waals surface area contributed by atoms with Crippen LogP contribution in [-0.4, -0.2) is 13.4 Å². The van der Waals surface area contributed by atoms with E-state index >= 15 is 0 Å². The molecule has 23 heavy (non-hydrogen) atoms. The Bertz CT molecular complexity index is 887. The van der Waals surface area contributed by atoms with Crippen molar-refractivity contribution in [2.24, 2.45) is 0 Å². The fourth-order valence-corrected chi connectivity index (χ4v) is 2.85. The van der Waals surface area contributed by atoms with Crippen LogP contribution in [0.5, 0.6) is 0 Å². The van der Waals surface area contributed by atoms with Crippen molar-refractivity contribution in [3.8, 4) is 6.07 Å². The Morgan fingerprint density at radius 3 is 2.48 bits per heavy atom. The Kier molecular flexibility index (Phi) is 4.29. The molecule has 0 saturated heterocycles. The lowest BCUT2D eigenvalue weighted by Gasteiger charge is -2.12. The van der Waals surface area contributed by atoms with Crippen LogP contribution >= 0.6 is 0 Å². The van der Waals surface area contributed by atoms with E-state index in [1.807, 2.05) is 0 Å². The first-order valence-corrected chi connectivity index (χ1v) is 7.69. The van der Waals surface area contributed by atoms with E-state index in [1.165, 1.54) is 12.1 Å². The highest BCUT2D eigenvalue weighted by Gasteiger charge is 2.35. The van der Waals surface area contributed by atoms with Gasteiger partial charge in [-0.1, -0.05) is 6.07 Å². The number of nitrogens with zero attached hydrogens (tertiary/aromatic N) is 2. The minimum Gasteiger partial charge on any atom is -0.263 e. The normalized spacial score (nSPS) is 11.8. The third kappa shape index (κ3) is 3.78. The van der Waals surface area contributed by atoms with Crippen molar-refractivity contribution in [3.05, 3.63) is 53.2 Å². The first-order chi connectivity index (χ1) is 10.6. The van der Waals surface area contributed by atoms with Gasteiger partial charge in [0.25, 0.3) is 10.0 Å². The molecule has 0 spiro atoms. The monoisotopic (exact) mass is 341 g/mol. The van der Waals surface area contributed by atoms with E-state index in [1.54, 1.807) is 19.1 Å². The number of alkyl halides is 3. The van der Waals surface area contributed by atoms with Crippen molar-refractivity contribution in [2.75, 3.05) is 4.72 Å². The molecule has 1 aromatic heterocycles. The Morgan fingerprint density at radius 2 is 1.91 bits per heavy atom. The molecule has 5 nitrogen and oxygen atoms in total. The van der Waals surface area contributed by atoms with Crippen LogP contribution in [-0.2, 0) is 16.2 Å². The number of pyridine rings is 1. The van der Waals surface area contributed by atoms with Crippen molar-refractivity contribution < 1.29 is 21.6 Å². The highest BCUT2D eigenvalue weighted by atomic mass is 32.2. The Hall–Kier alpha value is -2.60. The summed E-state index contributed by atoms with van der Waals surface area (Å²) >= 11 is 0. The van der Waals surface area contributed by atoms with E-state index in [4.69, 9.17) is 5.26 Å². The first kappa shape index (κ1) is 16.8. The number of nitrogens with one attached hydrogen (secondary N) is 1. The second kappa shape index (κ2) is 5.89. The molecule has 2 rings (SSSR count). The number of nitriles is 1. The topological polar surface area (TPSA) is 82.9 Å². The van der Waals surface area contributed by atoms with Gasteiger partial charge in [0.1, 0.15) is 5.82 Å². The van der Waals surface area contributed by atoms with Crippen molar-refractivity contribution in [2.45, 2.75) is 18.0 Å². The van der Waals surface area contributed by atoms with Gasteiger partial charge >= 0.3 is 6.18 Å². The summed E-state index contributed by atoms with van der Waals surface area (Å²) in [5.41, 5.74) is -1.41. The number of benzene rings is 1. The van der Waals surface area contributed by atoms with Gasteiger partial charge in [-0.05, 0) is 37.3 Å². The fraction of sp³-hybridized carbons (Fsp3) is 0.143. The average Bonchev–Trinajstić information content (AvgIpc) is 2.45. The summed E-state index contributed by atoms with van der Waals surface area (Å²) < 4.78 is 65.2. The molecule has 0 saturated carbocycles. The summed E-state index contributed by atoms with van der Waals surface area (Å²) in [6.45, 7) is 1.64. The quantitative estimate of drug-likeness (QED) is 0.930. The highest BCUT2D eigenvalue weighted by Crippen LogP contribution is 2.33. The van der Waals surface area contributed by atoms with E-state index in [2.05, 4.69) is 9.71 Å². The van der Waals surface area contributed by atoms with Crippen molar-refractivity contribution in [1.82, 2.24) is 4.98 Å². The molecule has 0 fully saturated rings. The van der Waals surface area contributed by atoms with Gasteiger partial charge < -0.3 is 0 Å². The number of hydrogen-bond acceptors (Lipinski definition) is 4. The van der Waals surface area contributed by atoms with E-state index in [0.29, 0.717) is 11.8 Å². The zero-order chi connectivity index (χ0) is 17.3. The number of sulfonamides is 1. The Balaban J connectivity index is 2.47. The second-order valence-corrected chi connectivity index (χ2v) is 6.27. The maximum Gasteiger partial charge on any atom is 0.417 e. The number of rotatable bonds is 3. The zero-order valence-corrected chi connectivity index (χ0v) is 12.5. The number of hydrogen-bond donors (Lipinski definition) is 1. The van der Waals surface area contributed by atoms with Crippen LogP contribution in [0.1, 0.15) is 16.8 Å². The summed E-state index contributed by atoms with van der Waals surface area (Å²) in [5.74, 6) is -0.0112. The van der Waals surface area contributed by atoms with Gasteiger partial charge in [-0.2, -0.15) is 18.4 Å². The molecule has 0 amide bonds. The first-order valence-electron chi connectivity index (χ1n) is 6.21. The van der Waals surface area contributed by atoms with Gasteiger partial charge in [0, 0.05) is 5.69 Å². The van der Waals surface area contributed by atoms with Crippen LogP contribution in [0.25, 0.3) is 0 Å². The molecule has 0 unspecified atom stereocenters. The fourth-order valence-electron chi connectivity index (χ4n) is 1.82. The molecule has 0 atom stereocenters. The third-order valence-corrected chi connectivity index (χ3v) is 4.21. The van der Waals surface area contributed by atoms with Crippen LogP contribution in [0.2, 0.25) is 0 Å². The van der Waals surface area contributed by atoms with Gasteiger partial charge in [0.05, 0.1) is 22.1 Å². The van der Waals surface area contributed by atoms with Crippen LogP contribution in [0.4, 0.5) is 19.0 Å². The van der Waals surface area contributed by atoms with Crippen LogP contribution in [0.15, 0.2) is 41.3 Å². The van der Waals surface area contributed by atoms with E-state index in [0.717, 1.165) is 12.1 Å². The molecule has 2 aromatic rings. The summed E-state index contributed by atoms with van der Waals surface area (Å²) in [5, 5.41) is 8.72. The lowest BCUT2D eigenvalue weighted by atomic mass is 10.1. The molecule has 0 aliphatic heterocycles. The molecular weight excluding hydrogens is 331 g/mol. The predicted octanol–water partition coefficient (Wildman–Crippen LogP) is 3.08. The number of aromatic nitrogens is 1. The third-order valence-electron chi connectivity index (χ3n) is 2.85. The predicted molar refractivity (Wildman–Crippen MR) is 75.9 cm³/mol. The molecular formula is C14H10F3N3O2S. The Labute approximate surface area is 130 Å². The summed E-state index contributed by atoms with van der Waals surface area (Å²) in [6.07, 6.45) is -4.84. The lowest BCUT2D eigenvalue weighted by Crippen LogP contribution is -2.16. The Morgan fingerprint density at radius 1 is 1.22 bits per heavy atom. The van der Waals surface area contributed by atoms with Gasteiger partial charge in [0.2, 0.25) is 0 Å². The van der Waals surface area contributed by atoms with Gasteiger partial charge in [-0.3, -0.25) is 4.72 Å². The van der Waals surface area contributed by atoms with E-state index in [-0.39, 0.29) is 5.82 Å². The number of aryl methyl sites for hydroxylation is 1. The molecule has 0 aliphatic carbocycles. The second-order valence-electron chi connectivity index (χ2n) is 4.59. The highest BCUT2D eigenvalue weighted by molar-refractivity contribution is 7.92. The molecule has 0 aliphatic rings. The molecule has 0 radical (unpaired) electrons. The molecule has 1 heterocycles. The van der Waals surface area contributed by atoms with Gasteiger partial charge in [-0.15, -0.1) is 0 Å². The van der Waals surface area contributed by atoms with Crippen LogP contribution in [0, 0.1) is 18.3 Å². The maximum absolute atomic E-state index is 12.9. The maximum atomic E-state index is 12.9. The summed E-state index contributed by atoms with van der Waals surface area (Å²) in [6, 6.07) is 8.14. The average molecular weight is 341 g/mol. The smallest absolute Gasteiger partial charge is 0.263 e. The minimum atomic E-state index is -4.84. The van der Waals surface area contributed by atoms with E-state index in [9.17, 15) is 21.6 Å². The molecule has 0 bridgehead atoms. The number of anilines is 1. The van der Waals surface area contributed by atoms with Gasteiger partial charge in [-0.25, -0.2) is 13.4 Å². The van der Waals surface area contributed by atoms with Crippen LogP contribution in [0.3, 0.4) is 0 Å². The lowest BCUT2D eigenvalue weighted by molar-refractivity contribution is -0.137. The zero-order valence-electron chi connectivity index (χ0n) is 11.7. The summed E-state index contributed by atoms with van der Waals surface area (Å²) in [7, 11) is -4.26. The minimum absolute atomic E-state index is 0.0112. The summed E-state index contributed by atoms with van der Waals surface area (Å²) in [4.78, 5) is 3.32. The largest absolute Gasteiger partial charge is 0.417 e. The number of halogens is 3. The van der Waals surface area contributed by atoms with Crippen molar-refractivity contribution >= 4 is 15.8 Å². The SMILES string of the molecule is Cc1cccc(NS(=O)(=O)c2ccc(C#N)c(C(F)(F)F)c2)n1. The molecule has 1 N–H and O–H groups in total. The van der Waals surface area contributed by atoms with Crippen molar-refractivity contribution in [1.29, 1.82) is 5.26 Å². The van der Waals surface area contributed by atoms with Gasteiger partial charge in [0.15, 0.2) is 0 Å². The van der Waals surface area contributed by atoms with E-state index < -0.39 is 32.2 Å². The van der Waals surface area contributed by atoms with Crippen molar-refractivity contribution in [3.63, 3.8) is 0 Å². The molecule has 9 heteroatoms. The van der Waals surface area contributed by atoms with Crippen LogP contribution < -0.4 is 4.72 Å². The standard InChI is InChI=1S/C14H10F3N3O2S/c1-9-3-2-4-13(19-9)20-23(21,22)11-6-5-10(8-18)12(7-11)14(15,16)17/h2-7H,1H3,(H,19,20).